The third-order valence-electron chi connectivity index (χ3n) is 5.65. The van der Waals surface area contributed by atoms with Crippen LogP contribution in [0.15, 0.2) is 34.2 Å². The average Bonchev–Trinajstić information content (AvgIpc) is 3.34. The first kappa shape index (κ1) is 21.6. The normalized spacial score (nSPS) is 17.2. The topological polar surface area (TPSA) is 91.0 Å². The number of hydrogen-bond donors (Lipinski definition) is 1. The molecule has 1 amide bonds. The zero-order valence-corrected chi connectivity index (χ0v) is 19.0. The van der Waals surface area contributed by atoms with Crippen LogP contribution in [0.4, 0.5) is 5.69 Å². The number of amides is 1. The van der Waals surface area contributed by atoms with Crippen LogP contribution >= 0.6 is 11.8 Å². The number of aromatic nitrogens is 4. The SMILES string of the molecule is Cc1nn(C)c(C)c1NC(=O)[C@H](C)Sc1nc2ccccc2c(=O)n1C[C@@H]1CCCO1. The lowest BCUT2D eigenvalue weighted by molar-refractivity contribution is -0.115. The summed E-state index contributed by atoms with van der Waals surface area (Å²) in [4.78, 5) is 30.9. The van der Waals surface area contributed by atoms with E-state index in [9.17, 15) is 9.59 Å². The molecular weight excluding hydrogens is 414 g/mol. The minimum absolute atomic E-state index is 0.00941. The van der Waals surface area contributed by atoms with Crippen molar-refractivity contribution >= 4 is 34.3 Å². The van der Waals surface area contributed by atoms with Crippen LogP contribution in [0.2, 0.25) is 0 Å². The first-order chi connectivity index (χ1) is 14.8. The van der Waals surface area contributed by atoms with Crippen molar-refractivity contribution in [1.82, 2.24) is 19.3 Å². The van der Waals surface area contributed by atoms with Crippen molar-refractivity contribution in [2.45, 2.75) is 56.7 Å². The molecule has 1 aromatic carbocycles. The number of nitrogens with one attached hydrogen (secondary N) is 1. The minimum Gasteiger partial charge on any atom is -0.376 e. The van der Waals surface area contributed by atoms with Crippen molar-refractivity contribution in [3.63, 3.8) is 0 Å². The van der Waals surface area contributed by atoms with Crippen molar-refractivity contribution in [3.8, 4) is 0 Å². The van der Waals surface area contributed by atoms with Gasteiger partial charge in [0.2, 0.25) is 5.91 Å². The molecule has 8 nitrogen and oxygen atoms in total. The number of carbonyl (C=O) groups excluding carboxylic acids is 1. The number of rotatable bonds is 6. The van der Waals surface area contributed by atoms with Crippen LogP contribution in [0.1, 0.15) is 31.2 Å². The molecule has 1 aliphatic heterocycles. The molecule has 2 aromatic heterocycles. The summed E-state index contributed by atoms with van der Waals surface area (Å²) in [6, 6.07) is 7.31. The number of aryl methyl sites for hydroxylation is 2. The van der Waals surface area contributed by atoms with Gasteiger partial charge in [-0.05, 0) is 45.7 Å². The molecule has 0 aliphatic carbocycles. The number of fused-ring (bicyclic) bond motifs is 1. The Morgan fingerprint density at radius 2 is 2.13 bits per heavy atom. The van der Waals surface area contributed by atoms with Gasteiger partial charge in [0, 0.05) is 13.7 Å². The van der Waals surface area contributed by atoms with Crippen molar-refractivity contribution < 1.29 is 9.53 Å². The van der Waals surface area contributed by atoms with E-state index in [-0.39, 0.29) is 17.6 Å². The molecule has 2 atom stereocenters. The predicted molar refractivity (Wildman–Crippen MR) is 122 cm³/mol. The maximum absolute atomic E-state index is 13.2. The summed E-state index contributed by atoms with van der Waals surface area (Å²) in [6.07, 6.45) is 1.90. The number of thioether (sulfide) groups is 1. The zero-order valence-electron chi connectivity index (χ0n) is 18.2. The second kappa shape index (κ2) is 8.84. The number of nitrogens with zero attached hydrogens (tertiary/aromatic N) is 4. The third-order valence-corrected chi connectivity index (χ3v) is 6.74. The van der Waals surface area contributed by atoms with E-state index in [0.717, 1.165) is 29.9 Å². The van der Waals surface area contributed by atoms with Crippen LogP contribution in [0.25, 0.3) is 10.9 Å². The van der Waals surface area contributed by atoms with Crippen LogP contribution in [0.5, 0.6) is 0 Å². The van der Waals surface area contributed by atoms with Crippen molar-refractivity contribution in [2.24, 2.45) is 7.05 Å². The number of anilines is 1. The highest BCUT2D eigenvalue weighted by Crippen LogP contribution is 2.26. The molecule has 3 heterocycles. The number of para-hydroxylation sites is 1. The van der Waals surface area contributed by atoms with Gasteiger partial charge >= 0.3 is 0 Å². The monoisotopic (exact) mass is 441 g/mol. The van der Waals surface area contributed by atoms with Gasteiger partial charge in [-0.15, -0.1) is 0 Å². The van der Waals surface area contributed by atoms with Gasteiger partial charge < -0.3 is 10.1 Å². The fourth-order valence-corrected chi connectivity index (χ4v) is 4.70. The Kier molecular flexibility index (Phi) is 6.15. The van der Waals surface area contributed by atoms with E-state index in [0.29, 0.717) is 29.2 Å². The standard InChI is InChI=1S/C22H27N5O3S/c1-13-19(14(2)26(4)25-13)24-20(28)15(3)31-22-23-18-10-6-5-9-17(18)21(29)27(22)12-16-8-7-11-30-16/h5-6,9-10,15-16H,7-8,11-12H2,1-4H3,(H,24,28)/t15-,16-/m0/s1. The average molecular weight is 442 g/mol. The van der Waals surface area contributed by atoms with Gasteiger partial charge in [0.05, 0.1) is 45.9 Å². The molecule has 9 heteroatoms. The summed E-state index contributed by atoms with van der Waals surface area (Å²) in [7, 11) is 1.85. The second-order valence-electron chi connectivity index (χ2n) is 7.88. The Morgan fingerprint density at radius 1 is 1.35 bits per heavy atom. The van der Waals surface area contributed by atoms with E-state index >= 15 is 0 Å². The lowest BCUT2D eigenvalue weighted by atomic mass is 10.2. The van der Waals surface area contributed by atoms with Gasteiger partial charge in [0.1, 0.15) is 0 Å². The van der Waals surface area contributed by atoms with Crippen LogP contribution in [0, 0.1) is 13.8 Å². The maximum atomic E-state index is 13.2. The number of hydrogen-bond acceptors (Lipinski definition) is 6. The van der Waals surface area contributed by atoms with E-state index in [2.05, 4.69) is 10.4 Å². The van der Waals surface area contributed by atoms with Gasteiger partial charge in [-0.2, -0.15) is 5.10 Å². The van der Waals surface area contributed by atoms with Gasteiger partial charge in [-0.1, -0.05) is 23.9 Å². The minimum atomic E-state index is -0.456. The van der Waals surface area contributed by atoms with E-state index in [1.54, 1.807) is 15.3 Å². The molecule has 31 heavy (non-hydrogen) atoms. The van der Waals surface area contributed by atoms with Gasteiger partial charge in [-0.25, -0.2) is 4.98 Å². The van der Waals surface area contributed by atoms with Crippen LogP contribution < -0.4 is 10.9 Å². The van der Waals surface area contributed by atoms with Gasteiger partial charge in [0.25, 0.3) is 5.56 Å². The number of ether oxygens (including phenoxy) is 1. The molecule has 1 aliphatic rings. The first-order valence-corrected chi connectivity index (χ1v) is 11.3. The summed E-state index contributed by atoms with van der Waals surface area (Å²) >= 11 is 1.29. The van der Waals surface area contributed by atoms with Crippen molar-refractivity contribution in [3.05, 3.63) is 46.0 Å². The van der Waals surface area contributed by atoms with Crippen LogP contribution in [0.3, 0.4) is 0 Å². The lowest BCUT2D eigenvalue weighted by Crippen LogP contribution is -2.30. The summed E-state index contributed by atoms with van der Waals surface area (Å²) in [5.41, 5.74) is 2.91. The largest absolute Gasteiger partial charge is 0.376 e. The van der Waals surface area contributed by atoms with Crippen LogP contribution in [-0.4, -0.2) is 43.2 Å². The zero-order chi connectivity index (χ0) is 22.1. The Labute approximate surface area is 185 Å². The molecule has 0 unspecified atom stereocenters. The predicted octanol–water partition coefficient (Wildman–Crippen LogP) is 3.05. The highest BCUT2D eigenvalue weighted by molar-refractivity contribution is 8.00. The Hall–Kier alpha value is -2.65. The van der Waals surface area contributed by atoms with Gasteiger partial charge in [0.15, 0.2) is 5.16 Å². The summed E-state index contributed by atoms with van der Waals surface area (Å²) in [6.45, 7) is 6.75. The molecule has 0 spiro atoms. The van der Waals surface area contributed by atoms with E-state index in [4.69, 9.17) is 9.72 Å². The first-order valence-electron chi connectivity index (χ1n) is 10.4. The molecule has 0 saturated carbocycles. The van der Waals surface area contributed by atoms with E-state index in [1.165, 1.54) is 11.8 Å². The molecule has 1 saturated heterocycles. The smallest absolute Gasteiger partial charge is 0.262 e. The van der Waals surface area contributed by atoms with E-state index < -0.39 is 5.25 Å². The van der Waals surface area contributed by atoms with Crippen molar-refractivity contribution in [1.29, 1.82) is 0 Å². The van der Waals surface area contributed by atoms with E-state index in [1.807, 2.05) is 46.0 Å². The maximum Gasteiger partial charge on any atom is 0.262 e. The molecular formula is C22H27N5O3S. The third kappa shape index (κ3) is 4.38. The highest BCUT2D eigenvalue weighted by Gasteiger charge is 2.24. The van der Waals surface area contributed by atoms with Crippen molar-refractivity contribution in [2.75, 3.05) is 11.9 Å². The van der Waals surface area contributed by atoms with Crippen LogP contribution in [-0.2, 0) is 23.1 Å². The highest BCUT2D eigenvalue weighted by atomic mass is 32.2. The molecule has 3 aromatic rings. The second-order valence-corrected chi connectivity index (χ2v) is 9.19. The Bertz CT molecular complexity index is 1180. The quantitative estimate of drug-likeness (QED) is 0.467. The molecule has 1 N–H and O–H groups in total. The summed E-state index contributed by atoms with van der Waals surface area (Å²) in [5, 5.41) is 7.97. The Balaban J connectivity index is 1.62. The number of benzene rings is 1. The summed E-state index contributed by atoms with van der Waals surface area (Å²) < 4.78 is 9.16. The fraction of sp³-hybridized carbons (Fsp3) is 0.455. The van der Waals surface area contributed by atoms with Gasteiger partial charge in [-0.3, -0.25) is 18.8 Å². The summed E-state index contributed by atoms with van der Waals surface area (Å²) in [5.74, 6) is -0.157. The Morgan fingerprint density at radius 3 is 2.81 bits per heavy atom. The lowest BCUT2D eigenvalue weighted by Gasteiger charge is -2.18. The molecule has 4 rings (SSSR count). The molecule has 0 radical (unpaired) electrons. The molecule has 1 fully saturated rings. The number of carbonyl (C=O) groups is 1. The molecule has 0 bridgehead atoms. The molecule has 164 valence electrons. The fourth-order valence-electron chi connectivity index (χ4n) is 3.78.